The lowest BCUT2D eigenvalue weighted by Gasteiger charge is -2.31. The second-order valence-corrected chi connectivity index (χ2v) is 4.67. The molecule has 5 heteroatoms. The van der Waals surface area contributed by atoms with Crippen molar-refractivity contribution >= 4 is 12.2 Å². The van der Waals surface area contributed by atoms with Crippen LogP contribution in [0.5, 0.6) is 0 Å². The Morgan fingerprint density at radius 3 is 2.94 bits per heavy atom. The first-order valence-electron chi connectivity index (χ1n) is 6.13. The summed E-state index contributed by atoms with van der Waals surface area (Å²) in [5.74, 6) is -0.427. The Balaban J connectivity index is 2.00. The summed E-state index contributed by atoms with van der Waals surface area (Å²) in [4.78, 5) is 26.9. The summed E-state index contributed by atoms with van der Waals surface area (Å²) >= 11 is 0. The summed E-state index contributed by atoms with van der Waals surface area (Å²) in [5.41, 5.74) is 6.19. The number of pyridine rings is 1. The molecule has 0 spiro atoms. The van der Waals surface area contributed by atoms with Crippen LogP contribution in [0.25, 0.3) is 0 Å². The third-order valence-corrected chi connectivity index (χ3v) is 3.33. The monoisotopic (exact) mass is 247 g/mol. The maximum Gasteiger partial charge on any atom is 0.270 e. The van der Waals surface area contributed by atoms with Crippen molar-refractivity contribution in [2.75, 3.05) is 0 Å². The zero-order valence-electron chi connectivity index (χ0n) is 10.1. The third kappa shape index (κ3) is 2.92. The summed E-state index contributed by atoms with van der Waals surface area (Å²) in [6.45, 7) is 0. The molecule has 5 nitrogen and oxygen atoms in total. The number of amides is 1. The molecule has 3 unspecified atom stereocenters. The fraction of sp³-hybridized carbons (Fsp3) is 0.462. The minimum atomic E-state index is -0.233. The number of carbonyl (C=O) groups excluding carboxylic acids is 2. The predicted molar refractivity (Wildman–Crippen MR) is 66.9 cm³/mol. The van der Waals surface area contributed by atoms with Gasteiger partial charge in [0.1, 0.15) is 12.0 Å². The number of aldehydes is 1. The van der Waals surface area contributed by atoms with E-state index in [9.17, 15) is 9.59 Å². The molecule has 1 aromatic rings. The first kappa shape index (κ1) is 12.7. The third-order valence-electron chi connectivity index (χ3n) is 3.33. The lowest BCUT2D eigenvalue weighted by Crippen LogP contribution is -2.47. The van der Waals surface area contributed by atoms with Gasteiger partial charge in [-0.2, -0.15) is 0 Å². The lowest BCUT2D eigenvalue weighted by atomic mass is 9.82. The molecule has 3 atom stereocenters. The molecule has 0 aromatic carbocycles. The Bertz CT molecular complexity index is 422. The molecule has 1 aromatic heterocycles. The molecule has 1 aliphatic rings. The largest absolute Gasteiger partial charge is 0.347 e. The topological polar surface area (TPSA) is 85.1 Å². The molecule has 2 rings (SSSR count). The molecule has 96 valence electrons. The number of rotatable bonds is 3. The van der Waals surface area contributed by atoms with Crippen molar-refractivity contribution in [2.45, 2.75) is 31.3 Å². The van der Waals surface area contributed by atoms with Crippen LogP contribution in [0.4, 0.5) is 0 Å². The van der Waals surface area contributed by atoms with Crippen molar-refractivity contribution in [3.8, 4) is 0 Å². The number of hydrogen-bond donors (Lipinski definition) is 2. The highest BCUT2D eigenvalue weighted by Gasteiger charge is 2.30. The summed E-state index contributed by atoms with van der Waals surface area (Å²) in [5, 5.41) is 2.87. The van der Waals surface area contributed by atoms with Gasteiger partial charge in [-0.3, -0.25) is 9.78 Å². The average Bonchev–Trinajstić information content (AvgIpc) is 2.41. The summed E-state index contributed by atoms with van der Waals surface area (Å²) in [6, 6.07) is 5.10. The van der Waals surface area contributed by atoms with Gasteiger partial charge in [-0.1, -0.05) is 6.07 Å². The fourth-order valence-corrected chi connectivity index (χ4v) is 2.31. The number of aromatic nitrogens is 1. The fourth-order valence-electron chi connectivity index (χ4n) is 2.31. The van der Waals surface area contributed by atoms with E-state index >= 15 is 0 Å². The van der Waals surface area contributed by atoms with Gasteiger partial charge in [0, 0.05) is 24.2 Å². The van der Waals surface area contributed by atoms with E-state index < -0.39 is 0 Å². The van der Waals surface area contributed by atoms with E-state index in [-0.39, 0.29) is 23.9 Å². The second-order valence-electron chi connectivity index (χ2n) is 4.67. The van der Waals surface area contributed by atoms with E-state index in [4.69, 9.17) is 5.73 Å². The van der Waals surface area contributed by atoms with Crippen LogP contribution in [0.15, 0.2) is 24.4 Å². The molecular formula is C13H17N3O2. The van der Waals surface area contributed by atoms with Crippen molar-refractivity contribution in [1.29, 1.82) is 0 Å². The van der Waals surface area contributed by atoms with Gasteiger partial charge < -0.3 is 15.8 Å². The van der Waals surface area contributed by atoms with Crippen LogP contribution in [-0.4, -0.2) is 29.3 Å². The Kier molecular flexibility index (Phi) is 4.04. The number of hydrogen-bond acceptors (Lipinski definition) is 4. The number of nitrogens with one attached hydrogen (secondary N) is 1. The van der Waals surface area contributed by atoms with E-state index in [1.165, 1.54) is 0 Å². The molecule has 0 bridgehead atoms. The van der Waals surface area contributed by atoms with Crippen molar-refractivity contribution in [3.05, 3.63) is 30.1 Å². The van der Waals surface area contributed by atoms with E-state index in [1.54, 1.807) is 24.4 Å². The molecule has 1 heterocycles. The van der Waals surface area contributed by atoms with Crippen LogP contribution in [0.2, 0.25) is 0 Å². The normalized spacial score (nSPS) is 27.5. The van der Waals surface area contributed by atoms with Crippen molar-refractivity contribution in [3.63, 3.8) is 0 Å². The highest BCUT2D eigenvalue weighted by atomic mass is 16.2. The van der Waals surface area contributed by atoms with Gasteiger partial charge in [-0.05, 0) is 31.4 Å². The highest BCUT2D eigenvalue weighted by Crippen LogP contribution is 2.22. The highest BCUT2D eigenvalue weighted by molar-refractivity contribution is 5.92. The van der Waals surface area contributed by atoms with Gasteiger partial charge in [0.05, 0.1) is 0 Å². The smallest absolute Gasteiger partial charge is 0.270 e. The molecule has 0 aliphatic heterocycles. The average molecular weight is 247 g/mol. The summed E-state index contributed by atoms with van der Waals surface area (Å²) < 4.78 is 0. The van der Waals surface area contributed by atoms with E-state index in [0.717, 1.165) is 19.1 Å². The SMILES string of the molecule is NC1CCC(NC(=O)c2ccccn2)C(C=O)C1. The van der Waals surface area contributed by atoms with Gasteiger partial charge >= 0.3 is 0 Å². The molecule has 1 saturated carbocycles. The molecule has 0 radical (unpaired) electrons. The maximum atomic E-state index is 11.9. The molecular weight excluding hydrogens is 230 g/mol. The van der Waals surface area contributed by atoms with E-state index in [1.807, 2.05) is 0 Å². The zero-order valence-corrected chi connectivity index (χ0v) is 10.1. The zero-order chi connectivity index (χ0) is 13.0. The van der Waals surface area contributed by atoms with Crippen molar-refractivity contribution in [1.82, 2.24) is 10.3 Å². The Morgan fingerprint density at radius 2 is 2.28 bits per heavy atom. The molecule has 3 N–H and O–H groups in total. The van der Waals surface area contributed by atoms with Crippen molar-refractivity contribution in [2.24, 2.45) is 11.7 Å². The van der Waals surface area contributed by atoms with Crippen LogP contribution >= 0.6 is 0 Å². The Hall–Kier alpha value is -1.75. The molecule has 1 aliphatic carbocycles. The van der Waals surface area contributed by atoms with Crippen LogP contribution in [0.1, 0.15) is 29.8 Å². The van der Waals surface area contributed by atoms with Gasteiger partial charge in [-0.25, -0.2) is 0 Å². The number of nitrogens with two attached hydrogens (primary N) is 1. The van der Waals surface area contributed by atoms with Gasteiger partial charge in [0.25, 0.3) is 5.91 Å². The van der Waals surface area contributed by atoms with Crippen LogP contribution < -0.4 is 11.1 Å². The summed E-state index contributed by atoms with van der Waals surface area (Å²) in [6.07, 6.45) is 4.67. The minimum absolute atomic E-state index is 0.0585. The lowest BCUT2D eigenvalue weighted by molar-refractivity contribution is -0.112. The first-order valence-corrected chi connectivity index (χ1v) is 6.13. The van der Waals surface area contributed by atoms with Crippen LogP contribution in [0.3, 0.4) is 0 Å². The molecule has 1 amide bonds. The van der Waals surface area contributed by atoms with Gasteiger partial charge in [0.2, 0.25) is 0 Å². The van der Waals surface area contributed by atoms with E-state index in [2.05, 4.69) is 10.3 Å². The van der Waals surface area contributed by atoms with Gasteiger partial charge in [-0.15, -0.1) is 0 Å². The summed E-state index contributed by atoms with van der Waals surface area (Å²) in [7, 11) is 0. The second kappa shape index (κ2) is 5.73. The van der Waals surface area contributed by atoms with Crippen molar-refractivity contribution < 1.29 is 9.59 Å². The molecule has 0 saturated heterocycles. The minimum Gasteiger partial charge on any atom is -0.347 e. The number of carbonyl (C=O) groups is 2. The first-order chi connectivity index (χ1) is 8.70. The molecule has 18 heavy (non-hydrogen) atoms. The van der Waals surface area contributed by atoms with Crippen LogP contribution in [-0.2, 0) is 4.79 Å². The van der Waals surface area contributed by atoms with E-state index in [0.29, 0.717) is 12.1 Å². The predicted octanol–water partition coefficient (Wildman–Crippen LogP) is 0.506. The van der Waals surface area contributed by atoms with Gasteiger partial charge in [0.15, 0.2) is 0 Å². The number of nitrogens with zero attached hydrogens (tertiary/aromatic N) is 1. The maximum absolute atomic E-state index is 11.9. The Labute approximate surface area is 106 Å². The quantitative estimate of drug-likeness (QED) is 0.762. The Morgan fingerprint density at radius 1 is 1.44 bits per heavy atom. The standard InChI is InChI=1S/C13H17N3O2/c14-10-4-5-11(9(7-10)8-17)16-13(18)12-3-1-2-6-15-12/h1-3,6,8-11H,4-5,7,14H2,(H,16,18). The van der Waals surface area contributed by atoms with Crippen LogP contribution in [0, 0.1) is 5.92 Å². The molecule has 1 fully saturated rings.